The zero-order valence-corrected chi connectivity index (χ0v) is 16.5. The molecule has 0 spiro atoms. The number of β-amino-alcohol motifs (C(OH)–C–C–N with tert-alkyl or cyclic N) is 1. The Hall–Kier alpha value is -2.22. The van der Waals surface area contributed by atoms with Gasteiger partial charge in [-0.25, -0.2) is 0 Å². The van der Waals surface area contributed by atoms with Crippen LogP contribution in [0.15, 0.2) is 46.9 Å². The summed E-state index contributed by atoms with van der Waals surface area (Å²) in [4.78, 5) is 16.4. The number of nitrogens with zero attached hydrogens (tertiary/aromatic N) is 2. The van der Waals surface area contributed by atoms with Crippen LogP contribution in [0.5, 0.6) is 0 Å². The molecule has 0 bridgehead atoms. The quantitative estimate of drug-likeness (QED) is 0.685. The summed E-state index contributed by atoms with van der Waals surface area (Å²) in [5, 5.41) is 11.0. The smallest absolute Gasteiger partial charge is 0.235 e. The normalized spacial score (nSPS) is 16.7. The van der Waals surface area contributed by atoms with Gasteiger partial charge in [-0.2, -0.15) is 0 Å². The van der Waals surface area contributed by atoms with E-state index in [4.69, 9.17) is 9.52 Å². The van der Waals surface area contributed by atoms with Gasteiger partial charge in [0.05, 0.1) is 6.61 Å². The van der Waals surface area contributed by atoms with Gasteiger partial charge in [0.25, 0.3) is 0 Å². The third-order valence-electron chi connectivity index (χ3n) is 5.19. The van der Waals surface area contributed by atoms with Gasteiger partial charge in [0.1, 0.15) is 16.9 Å². The Labute approximate surface area is 166 Å². The Bertz CT molecular complexity index is 1010. The molecule has 148 valence electrons. The van der Waals surface area contributed by atoms with Crippen LogP contribution >= 0.6 is 0 Å². The lowest BCUT2D eigenvalue weighted by Gasteiger charge is -2.34. The van der Waals surface area contributed by atoms with Crippen molar-refractivity contribution in [3.05, 3.63) is 48.0 Å². The monoisotopic (exact) mass is 400 g/mol. The molecule has 1 unspecified atom stereocenters. The van der Waals surface area contributed by atoms with E-state index >= 15 is 0 Å². The summed E-state index contributed by atoms with van der Waals surface area (Å²) in [5.41, 5.74) is 2.59. The third-order valence-corrected chi connectivity index (χ3v) is 6.42. The molecule has 1 atom stereocenters. The van der Waals surface area contributed by atoms with Crippen LogP contribution in [0.2, 0.25) is 0 Å². The largest absolute Gasteiger partial charge is 0.456 e. The first-order valence-electron chi connectivity index (χ1n) is 9.50. The van der Waals surface area contributed by atoms with E-state index in [0.29, 0.717) is 25.4 Å². The van der Waals surface area contributed by atoms with Gasteiger partial charge >= 0.3 is 0 Å². The molecule has 1 aliphatic heterocycles. The third kappa shape index (κ3) is 4.11. The molecule has 2 aromatic carbocycles. The van der Waals surface area contributed by atoms with Crippen molar-refractivity contribution < 1.29 is 18.5 Å². The van der Waals surface area contributed by atoms with Crippen molar-refractivity contribution in [3.8, 4) is 0 Å². The second-order valence-electron chi connectivity index (χ2n) is 7.10. The van der Waals surface area contributed by atoms with Crippen molar-refractivity contribution >= 4 is 38.6 Å². The highest BCUT2D eigenvalue weighted by molar-refractivity contribution is 7.84. The first-order valence-corrected chi connectivity index (χ1v) is 11.0. The van der Waals surface area contributed by atoms with Crippen LogP contribution in [0.4, 0.5) is 0 Å². The van der Waals surface area contributed by atoms with Gasteiger partial charge in [0.15, 0.2) is 0 Å². The number of carbonyl (C=O) groups excluding carboxylic acids is 1. The van der Waals surface area contributed by atoms with E-state index in [9.17, 15) is 9.00 Å². The number of rotatable bonds is 6. The van der Waals surface area contributed by atoms with Crippen molar-refractivity contribution in [3.63, 3.8) is 0 Å². The molecule has 1 amide bonds. The maximum atomic E-state index is 12.6. The molecule has 28 heavy (non-hydrogen) atoms. The number of carbonyl (C=O) groups is 1. The number of fused-ring (bicyclic) bond motifs is 3. The van der Waals surface area contributed by atoms with Gasteiger partial charge in [-0.15, -0.1) is 0 Å². The molecular weight excluding hydrogens is 376 g/mol. The molecule has 1 saturated heterocycles. The fraction of sp³-hybridized carbons (Fsp3) is 0.381. The number of aliphatic hydroxyl groups is 1. The van der Waals surface area contributed by atoms with Crippen LogP contribution < -0.4 is 0 Å². The second kappa shape index (κ2) is 8.43. The van der Waals surface area contributed by atoms with Crippen LogP contribution in [0.25, 0.3) is 21.9 Å². The number of hydrogen-bond acceptors (Lipinski definition) is 5. The van der Waals surface area contributed by atoms with Crippen LogP contribution in [-0.4, -0.2) is 70.1 Å². The molecule has 7 heteroatoms. The van der Waals surface area contributed by atoms with Gasteiger partial charge in [-0.05, 0) is 23.8 Å². The van der Waals surface area contributed by atoms with Crippen molar-refractivity contribution in [2.24, 2.45) is 0 Å². The number of hydrogen-bond donors (Lipinski definition) is 1. The van der Waals surface area contributed by atoms with E-state index in [1.54, 1.807) is 4.90 Å². The number of para-hydroxylation sites is 1. The lowest BCUT2D eigenvalue weighted by Crippen LogP contribution is -2.50. The number of amides is 1. The molecule has 3 aromatic rings. The summed E-state index contributed by atoms with van der Waals surface area (Å²) in [6.45, 7) is 3.53. The number of furan rings is 1. The van der Waals surface area contributed by atoms with E-state index in [1.807, 2.05) is 42.5 Å². The zero-order valence-electron chi connectivity index (χ0n) is 15.7. The van der Waals surface area contributed by atoms with Gasteiger partial charge in [-0.3, -0.25) is 13.9 Å². The van der Waals surface area contributed by atoms with Crippen LogP contribution in [0.1, 0.15) is 5.56 Å². The molecule has 4 rings (SSSR count). The summed E-state index contributed by atoms with van der Waals surface area (Å²) in [6.07, 6.45) is 0. The Morgan fingerprint density at radius 2 is 1.79 bits per heavy atom. The van der Waals surface area contributed by atoms with Crippen molar-refractivity contribution in [1.82, 2.24) is 9.80 Å². The van der Waals surface area contributed by atoms with Crippen LogP contribution in [0, 0.1) is 0 Å². The number of piperazine rings is 1. The van der Waals surface area contributed by atoms with Crippen LogP contribution in [0.3, 0.4) is 0 Å². The van der Waals surface area contributed by atoms with E-state index < -0.39 is 10.8 Å². The first kappa shape index (κ1) is 19.1. The lowest BCUT2D eigenvalue weighted by molar-refractivity contribution is -0.130. The van der Waals surface area contributed by atoms with E-state index in [-0.39, 0.29) is 18.3 Å². The molecule has 1 aromatic heterocycles. The molecule has 0 saturated carbocycles. The molecule has 0 aliphatic carbocycles. The summed E-state index contributed by atoms with van der Waals surface area (Å²) >= 11 is 0. The highest BCUT2D eigenvalue weighted by Crippen LogP contribution is 2.29. The molecular formula is C21H24N2O4S. The Balaban J connectivity index is 1.38. The highest BCUT2D eigenvalue weighted by Gasteiger charge is 2.22. The van der Waals surface area contributed by atoms with Crippen molar-refractivity contribution in [2.75, 3.05) is 45.1 Å². The van der Waals surface area contributed by atoms with Gasteiger partial charge in [0, 0.05) is 60.0 Å². The molecule has 6 nitrogen and oxygen atoms in total. The average molecular weight is 401 g/mol. The maximum Gasteiger partial charge on any atom is 0.235 e. The maximum absolute atomic E-state index is 12.6. The second-order valence-corrected chi connectivity index (χ2v) is 8.56. The fourth-order valence-electron chi connectivity index (χ4n) is 3.69. The molecule has 2 heterocycles. The standard InChI is InChI=1S/C21H24N2O4S/c24-12-11-22-7-9-23(10-8-22)21(25)15-28(26)14-16-5-6-20-18(13-16)17-3-1-2-4-19(17)27-20/h1-6,13,24H,7-12,14-15H2. The topological polar surface area (TPSA) is 74.0 Å². The average Bonchev–Trinajstić information content (AvgIpc) is 3.07. The Morgan fingerprint density at radius 3 is 2.57 bits per heavy atom. The SMILES string of the molecule is O=C(CS(=O)Cc1ccc2oc3ccccc3c2c1)N1CCN(CCO)CC1. The van der Waals surface area contributed by atoms with Gasteiger partial charge < -0.3 is 14.4 Å². The van der Waals surface area contributed by atoms with E-state index in [1.165, 1.54) is 0 Å². The molecule has 1 fully saturated rings. The zero-order chi connectivity index (χ0) is 19.5. The van der Waals surface area contributed by atoms with Crippen molar-refractivity contribution in [1.29, 1.82) is 0 Å². The summed E-state index contributed by atoms with van der Waals surface area (Å²) in [6, 6.07) is 13.7. The predicted molar refractivity (Wildman–Crippen MR) is 111 cm³/mol. The Kier molecular flexibility index (Phi) is 5.75. The summed E-state index contributed by atoms with van der Waals surface area (Å²) < 4.78 is 18.4. The van der Waals surface area contributed by atoms with Crippen molar-refractivity contribution in [2.45, 2.75) is 5.75 Å². The number of benzene rings is 2. The minimum Gasteiger partial charge on any atom is -0.456 e. The first-order chi connectivity index (χ1) is 13.6. The number of aliphatic hydroxyl groups excluding tert-OH is 1. The molecule has 1 aliphatic rings. The lowest BCUT2D eigenvalue weighted by atomic mass is 10.1. The molecule has 0 radical (unpaired) electrons. The van der Waals surface area contributed by atoms with Gasteiger partial charge in [0.2, 0.25) is 5.91 Å². The minimum absolute atomic E-state index is 0.0458. The van der Waals surface area contributed by atoms with E-state index in [2.05, 4.69) is 4.90 Å². The Morgan fingerprint density at radius 1 is 1.04 bits per heavy atom. The summed E-state index contributed by atoms with van der Waals surface area (Å²) in [7, 11) is -1.25. The summed E-state index contributed by atoms with van der Waals surface area (Å²) in [5.74, 6) is 0.340. The van der Waals surface area contributed by atoms with Gasteiger partial charge in [-0.1, -0.05) is 24.3 Å². The van der Waals surface area contributed by atoms with Crippen LogP contribution in [-0.2, 0) is 21.3 Å². The molecule has 1 N–H and O–H groups in total. The predicted octanol–water partition coefficient (Wildman–Crippen LogP) is 1.97. The minimum atomic E-state index is -1.25. The fourth-order valence-corrected chi connectivity index (χ4v) is 4.80. The highest BCUT2D eigenvalue weighted by atomic mass is 32.2. The van der Waals surface area contributed by atoms with E-state index in [0.717, 1.165) is 40.6 Å².